The van der Waals surface area contributed by atoms with E-state index in [1.807, 2.05) is 0 Å². The van der Waals surface area contributed by atoms with Crippen molar-refractivity contribution in [2.24, 2.45) is 0 Å². The van der Waals surface area contributed by atoms with Gasteiger partial charge in [-0.05, 0) is 23.8 Å². The van der Waals surface area contributed by atoms with Gasteiger partial charge in [-0.2, -0.15) is 4.31 Å². The highest BCUT2D eigenvalue weighted by Gasteiger charge is 2.28. The fourth-order valence-corrected chi connectivity index (χ4v) is 3.97. The Bertz CT molecular complexity index is 890. The van der Waals surface area contributed by atoms with Gasteiger partial charge in [0, 0.05) is 17.6 Å². The van der Waals surface area contributed by atoms with Crippen LogP contribution in [0.1, 0.15) is 5.56 Å². The molecule has 0 fully saturated rings. The van der Waals surface area contributed by atoms with Gasteiger partial charge in [-0.25, -0.2) is 8.42 Å². The first kappa shape index (κ1) is 19.1. The Kier molecular flexibility index (Phi) is 6.32. The van der Waals surface area contributed by atoms with E-state index in [0.29, 0.717) is 16.3 Å². The largest absolute Gasteiger partial charge is 0.497 e. The van der Waals surface area contributed by atoms with Crippen LogP contribution in [0.2, 0.25) is 5.02 Å². The maximum atomic E-state index is 13.1. The van der Waals surface area contributed by atoms with Crippen LogP contribution < -0.4 is 9.47 Å². The molecule has 0 unspecified atom stereocenters. The minimum absolute atomic E-state index is 0.0170. The second-order valence-corrected chi connectivity index (χ2v) is 7.40. The van der Waals surface area contributed by atoms with Crippen molar-refractivity contribution >= 4 is 21.6 Å². The molecule has 0 atom stereocenters. The van der Waals surface area contributed by atoms with Crippen molar-refractivity contribution < 1.29 is 17.9 Å². The second-order valence-electron chi connectivity index (χ2n) is 5.09. The Morgan fingerprint density at radius 2 is 1.88 bits per heavy atom. The van der Waals surface area contributed by atoms with Gasteiger partial charge in [-0.15, -0.1) is 6.42 Å². The molecule has 0 aromatic heterocycles. The van der Waals surface area contributed by atoms with Crippen LogP contribution in [-0.4, -0.2) is 33.5 Å². The lowest BCUT2D eigenvalue weighted by atomic mass is 10.2. The molecule has 0 bridgehead atoms. The summed E-state index contributed by atoms with van der Waals surface area (Å²) < 4.78 is 37.8. The molecular formula is C18H18ClNO4S. The summed E-state index contributed by atoms with van der Waals surface area (Å²) in [6, 6.07) is 11.6. The summed E-state index contributed by atoms with van der Waals surface area (Å²) in [5.74, 6) is 2.99. The van der Waals surface area contributed by atoms with E-state index >= 15 is 0 Å². The van der Waals surface area contributed by atoms with Crippen LogP contribution in [0.25, 0.3) is 0 Å². The van der Waals surface area contributed by atoms with E-state index in [1.165, 1.54) is 30.7 Å². The van der Waals surface area contributed by atoms with Crippen LogP contribution >= 0.6 is 11.6 Å². The summed E-state index contributed by atoms with van der Waals surface area (Å²) in [5.41, 5.74) is 0.657. The first-order chi connectivity index (χ1) is 11.9. The first-order valence-corrected chi connectivity index (χ1v) is 9.15. The van der Waals surface area contributed by atoms with Crippen molar-refractivity contribution in [2.45, 2.75) is 11.4 Å². The van der Waals surface area contributed by atoms with Crippen LogP contribution in [-0.2, 0) is 16.6 Å². The molecule has 0 aliphatic heterocycles. The number of hydrogen-bond acceptors (Lipinski definition) is 4. The van der Waals surface area contributed by atoms with Crippen LogP contribution in [0.5, 0.6) is 11.5 Å². The van der Waals surface area contributed by atoms with Gasteiger partial charge in [0.1, 0.15) is 16.4 Å². The highest BCUT2D eigenvalue weighted by Crippen LogP contribution is 2.31. The third kappa shape index (κ3) is 4.26. The van der Waals surface area contributed by atoms with E-state index in [2.05, 4.69) is 5.92 Å². The molecular weight excluding hydrogens is 362 g/mol. The van der Waals surface area contributed by atoms with Crippen molar-refractivity contribution in [3.8, 4) is 23.8 Å². The number of ether oxygens (including phenoxy) is 2. The summed E-state index contributed by atoms with van der Waals surface area (Å²) in [6.07, 6.45) is 5.38. The maximum absolute atomic E-state index is 13.1. The minimum Gasteiger partial charge on any atom is -0.497 e. The maximum Gasteiger partial charge on any atom is 0.248 e. The van der Waals surface area contributed by atoms with Crippen LogP contribution in [0.3, 0.4) is 0 Å². The highest BCUT2D eigenvalue weighted by molar-refractivity contribution is 7.89. The van der Waals surface area contributed by atoms with Gasteiger partial charge in [-0.1, -0.05) is 35.7 Å². The van der Waals surface area contributed by atoms with E-state index in [-0.39, 0.29) is 23.7 Å². The number of terminal acetylenes is 1. The highest BCUT2D eigenvalue weighted by atomic mass is 35.5. The lowest BCUT2D eigenvalue weighted by Gasteiger charge is -2.22. The predicted octanol–water partition coefficient (Wildman–Crippen LogP) is 3.18. The summed E-state index contributed by atoms with van der Waals surface area (Å²) in [6.45, 7) is -0.0551. The fraction of sp³-hybridized carbons (Fsp3) is 0.222. The standard InChI is InChI=1S/C18H18ClNO4S/c1-4-11-20(13-14-7-5-6-8-16(14)19)25(21,22)18-12-15(23-2)9-10-17(18)24-3/h1,5-10,12H,11,13H2,2-3H3. The number of methoxy groups -OCH3 is 2. The Labute approximate surface area is 153 Å². The molecule has 2 rings (SSSR count). The number of nitrogens with zero attached hydrogens (tertiary/aromatic N) is 1. The van der Waals surface area contributed by atoms with Crippen LogP contribution in [0.4, 0.5) is 0 Å². The lowest BCUT2D eigenvalue weighted by molar-refractivity contribution is 0.386. The van der Waals surface area contributed by atoms with Gasteiger partial charge in [-0.3, -0.25) is 0 Å². The van der Waals surface area contributed by atoms with Gasteiger partial charge in [0.15, 0.2) is 0 Å². The first-order valence-electron chi connectivity index (χ1n) is 7.33. The Morgan fingerprint density at radius 3 is 2.48 bits per heavy atom. The average Bonchev–Trinajstić information content (AvgIpc) is 2.62. The van der Waals surface area contributed by atoms with Gasteiger partial charge in [0.25, 0.3) is 0 Å². The number of sulfonamides is 1. The van der Waals surface area contributed by atoms with Gasteiger partial charge in [0.2, 0.25) is 10.0 Å². The van der Waals surface area contributed by atoms with E-state index < -0.39 is 10.0 Å². The molecule has 0 aliphatic rings. The zero-order valence-electron chi connectivity index (χ0n) is 13.9. The van der Waals surface area contributed by atoms with Crippen molar-refractivity contribution in [2.75, 3.05) is 20.8 Å². The molecule has 2 aromatic carbocycles. The third-order valence-corrected chi connectivity index (χ3v) is 5.74. The number of benzene rings is 2. The van der Waals surface area contributed by atoms with Gasteiger partial charge in [0.05, 0.1) is 20.8 Å². The molecule has 0 saturated heterocycles. The Hall–Kier alpha value is -2.20. The molecule has 7 heteroatoms. The third-order valence-electron chi connectivity index (χ3n) is 3.56. The van der Waals surface area contributed by atoms with Gasteiger partial charge < -0.3 is 9.47 Å². The zero-order chi connectivity index (χ0) is 18.4. The Balaban J connectivity index is 2.50. The van der Waals surface area contributed by atoms with Crippen LogP contribution in [0.15, 0.2) is 47.4 Å². The summed E-state index contributed by atoms with van der Waals surface area (Å²) in [4.78, 5) is -0.0170. The number of rotatable bonds is 7. The smallest absolute Gasteiger partial charge is 0.248 e. The van der Waals surface area contributed by atoms with Gasteiger partial charge >= 0.3 is 0 Å². The molecule has 2 aromatic rings. The van der Waals surface area contributed by atoms with Crippen molar-refractivity contribution in [3.05, 3.63) is 53.1 Å². The normalized spacial score (nSPS) is 11.2. The fourth-order valence-electron chi connectivity index (χ4n) is 2.27. The molecule has 5 nitrogen and oxygen atoms in total. The predicted molar refractivity (Wildman–Crippen MR) is 97.4 cm³/mol. The Morgan fingerprint density at radius 1 is 1.16 bits per heavy atom. The van der Waals surface area contributed by atoms with E-state index in [9.17, 15) is 8.42 Å². The van der Waals surface area contributed by atoms with Crippen LogP contribution in [0, 0.1) is 12.3 Å². The van der Waals surface area contributed by atoms with Crippen molar-refractivity contribution in [1.29, 1.82) is 0 Å². The second kappa shape index (κ2) is 8.26. The summed E-state index contributed by atoms with van der Waals surface area (Å²) >= 11 is 6.15. The summed E-state index contributed by atoms with van der Waals surface area (Å²) in [5, 5.41) is 0.470. The average molecular weight is 380 g/mol. The molecule has 0 radical (unpaired) electrons. The quantitative estimate of drug-likeness (QED) is 0.693. The molecule has 132 valence electrons. The minimum atomic E-state index is -3.93. The molecule has 25 heavy (non-hydrogen) atoms. The zero-order valence-corrected chi connectivity index (χ0v) is 15.5. The molecule has 0 heterocycles. The molecule has 0 spiro atoms. The van der Waals surface area contributed by atoms with E-state index in [1.54, 1.807) is 30.3 Å². The monoisotopic (exact) mass is 379 g/mol. The van der Waals surface area contributed by atoms with Crippen molar-refractivity contribution in [1.82, 2.24) is 4.31 Å². The number of halogens is 1. The number of hydrogen-bond donors (Lipinski definition) is 0. The topological polar surface area (TPSA) is 55.8 Å². The lowest BCUT2D eigenvalue weighted by Crippen LogP contribution is -2.31. The van der Waals surface area contributed by atoms with Crippen molar-refractivity contribution in [3.63, 3.8) is 0 Å². The molecule has 0 amide bonds. The van der Waals surface area contributed by atoms with E-state index in [4.69, 9.17) is 27.5 Å². The summed E-state index contributed by atoms with van der Waals surface area (Å²) in [7, 11) is -1.06. The SMILES string of the molecule is C#CCN(Cc1ccccc1Cl)S(=O)(=O)c1cc(OC)ccc1OC. The molecule has 0 N–H and O–H groups in total. The van der Waals surface area contributed by atoms with E-state index in [0.717, 1.165) is 0 Å². The molecule has 0 saturated carbocycles. The molecule has 0 aliphatic carbocycles.